The molecule has 9 heteroatoms. The number of benzene rings is 3. The Labute approximate surface area is 232 Å². The number of thioether (sulfide) groups is 1. The highest BCUT2D eigenvalue weighted by atomic mass is 32.2. The summed E-state index contributed by atoms with van der Waals surface area (Å²) in [5.41, 5.74) is 3.80. The molecule has 1 N–H and O–H groups in total. The van der Waals surface area contributed by atoms with Gasteiger partial charge in [0.15, 0.2) is 5.17 Å². The van der Waals surface area contributed by atoms with Crippen molar-refractivity contribution in [3.8, 4) is 5.75 Å². The molecule has 2 amide bonds. The molecule has 1 unspecified atom stereocenters. The van der Waals surface area contributed by atoms with Crippen LogP contribution in [-0.2, 0) is 20.7 Å². The van der Waals surface area contributed by atoms with Gasteiger partial charge in [0.05, 0.1) is 25.0 Å². The molecule has 1 saturated heterocycles. The number of amidine groups is 1. The largest absolute Gasteiger partial charge is 0.497 e. The average molecular weight is 546 g/mol. The van der Waals surface area contributed by atoms with Crippen molar-refractivity contribution in [2.75, 3.05) is 25.6 Å². The number of hydrogen-bond acceptors (Lipinski definition) is 7. The van der Waals surface area contributed by atoms with Gasteiger partial charge < -0.3 is 14.8 Å². The summed E-state index contributed by atoms with van der Waals surface area (Å²) in [5, 5.41) is 2.81. The number of ether oxygens (including phenoxy) is 2. The van der Waals surface area contributed by atoms with E-state index in [0.717, 1.165) is 16.9 Å². The molecule has 1 aliphatic rings. The van der Waals surface area contributed by atoms with Gasteiger partial charge in [-0.2, -0.15) is 0 Å². The van der Waals surface area contributed by atoms with Gasteiger partial charge in [0.1, 0.15) is 11.0 Å². The molecular formula is C30H31N3O5S. The lowest BCUT2D eigenvalue weighted by Crippen LogP contribution is -2.35. The first kappa shape index (κ1) is 27.9. The van der Waals surface area contributed by atoms with Crippen molar-refractivity contribution in [2.24, 2.45) is 4.99 Å². The number of hydrogen-bond donors (Lipinski definition) is 1. The lowest BCUT2D eigenvalue weighted by Gasteiger charge is -2.17. The second kappa shape index (κ2) is 13.1. The number of carbonyl (C=O) groups excluding carboxylic acids is 3. The molecule has 39 heavy (non-hydrogen) atoms. The van der Waals surface area contributed by atoms with Crippen molar-refractivity contribution in [3.05, 3.63) is 89.5 Å². The average Bonchev–Trinajstić information content (AvgIpc) is 3.21. The van der Waals surface area contributed by atoms with E-state index < -0.39 is 11.2 Å². The number of amides is 2. The summed E-state index contributed by atoms with van der Waals surface area (Å²) in [6.45, 7) is 4.41. The van der Waals surface area contributed by atoms with Crippen molar-refractivity contribution >= 4 is 46.1 Å². The zero-order valence-corrected chi connectivity index (χ0v) is 23.0. The predicted molar refractivity (Wildman–Crippen MR) is 154 cm³/mol. The van der Waals surface area contributed by atoms with Gasteiger partial charge in [-0.15, -0.1) is 0 Å². The lowest BCUT2D eigenvalue weighted by molar-refractivity contribution is -0.128. The molecular weight excluding hydrogens is 514 g/mol. The maximum atomic E-state index is 13.4. The van der Waals surface area contributed by atoms with Gasteiger partial charge in [-0.05, 0) is 79.9 Å². The van der Waals surface area contributed by atoms with Crippen LogP contribution in [0.15, 0.2) is 77.8 Å². The fourth-order valence-corrected chi connectivity index (χ4v) is 5.25. The Kier molecular flexibility index (Phi) is 9.38. The standard InChI is InChI=1S/C30H31N3O5S/c1-4-38-29(36)22-10-12-23(13-11-22)32-30-33(17-16-21-8-14-25(37-3)15-9-21)28(35)26(39-30)19-27(34)31-24-7-5-6-20(2)18-24/h5-15,18,26H,4,16-17,19H2,1-3H3,(H,31,34). The molecule has 0 saturated carbocycles. The normalized spacial score (nSPS) is 15.9. The first-order valence-electron chi connectivity index (χ1n) is 12.7. The van der Waals surface area contributed by atoms with Gasteiger partial charge >= 0.3 is 5.97 Å². The predicted octanol–water partition coefficient (Wildman–Crippen LogP) is 5.38. The molecule has 0 radical (unpaired) electrons. The number of methoxy groups -OCH3 is 1. The lowest BCUT2D eigenvalue weighted by atomic mass is 10.1. The molecule has 0 spiro atoms. The Morgan fingerprint density at radius 2 is 1.79 bits per heavy atom. The van der Waals surface area contributed by atoms with Crippen molar-refractivity contribution < 1.29 is 23.9 Å². The van der Waals surface area contributed by atoms with E-state index in [1.54, 1.807) is 43.2 Å². The van der Waals surface area contributed by atoms with Crippen LogP contribution >= 0.6 is 11.8 Å². The highest BCUT2D eigenvalue weighted by Gasteiger charge is 2.39. The van der Waals surface area contributed by atoms with E-state index in [4.69, 9.17) is 14.5 Å². The van der Waals surface area contributed by atoms with E-state index >= 15 is 0 Å². The number of nitrogens with one attached hydrogen (secondary N) is 1. The maximum Gasteiger partial charge on any atom is 0.338 e. The number of aliphatic imine (C=N–C) groups is 1. The highest BCUT2D eigenvalue weighted by Crippen LogP contribution is 2.32. The smallest absolute Gasteiger partial charge is 0.338 e. The molecule has 202 valence electrons. The quantitative estimate of drug-likeness (QED) is 0.344. The minimum Gasteiger partial charge on any atom is -0.497 e. The van der Waals surface area contributed by atoms with E-state index in [9.17, 15) is 14.4 Å². The highest BCUT2D eigenvalue weighted by molar-refractivity contribution is 8.15. The van der Waals surface area contributed by atoms with Crippen molar-refractivity contribution in [2.45, 2.75) is 31.9 Å². The fraction of sp³-hybridized carbons (Fsp3) is 0.267. The number of carbonyl (C=O) groups is 3. The summed E-state index contributed by atoms with van der Waals surface area (Å²) in [6, 6.07) is 21.9. The van der Waals surface area contributed by atoms with Gasteiger partial charge in [0.25, 0.3) is 0 Å². The van der Waals surface area contributed by atoms with E-state index in [1.165, 1.54) is 11.8 Å². The maximum absolute atomic E-state index is 13.4. The number of aryl methyl sites for hydroxylation is 1. The molecule has 1 heterocycles. The first-order chi connectivity index (χ1) is 18.9. The molecule has 8 nitrogen and oxygen atoms in total. The molecule has 0 aliphatic carbocycles. The zero-order valence-electron chi connectivity index (χ0n) is 22.2. The van der Waals surface area contributed by atoms with Crippen LogP contribution in [-0.4, -0.2) is 53.4 Å². The number of nitrogens with zero attached hydrogens (tertiary/aromatic N) is 2. The Morgan fingerprint density at radius 1 is 1.05 bits per heavy atom. The monoisotopic (exact) mass is 545 g/mol. The third kappa shape index (κ3) is 7.48. The first-order valence-corrected chi connectivity index (χ1v) is 13.6. The van der Waals surface area contributed by atoms with Crippen molar-refractivity contribution in [1.29, 1.82) is 0 Å². The number of rotatable bonds is 10. The van der Waals surface area contributed by atoms with Crippen LogP contribution in [0.2, 0.25) is 0 Å². The minimum absolute atomic E-state index is 0.0251. The zero-order chi connectivity index (χ0) is 27.8. The molecule has 3 aromatic rings. The molecule has 3 aromatic carbocycles. The summed E-state index contributed by atoms with van der Waals surface area (Å²) in [7, 11) is 1.62. The third-order valence-electron chi connectivity index (χ3n) is 6.08. The van der Waals surface area contributed by atoms with E-state index in [-0.39, 0.29) is 18.2 Å². The molecule has 0 bridgehead atoms. The Balaban J connectivity index is 1.51. The molecule has 1 atom stereocenters. The second-order valence-corrected chi connectivity index (χ2v) is 10.1. The van der Waals surface area contributed by atoms with Gasteiger partial charge in [-0.1, -0.05) is 36.0 Å². The molecule has 1 fully saturated rings. The van der Waals surface area contributed by atoms with Crippen LogP contribution < -0.4 is 10.1 Å². The van der Waals surface area contributed by atoms with Gasteiger partial charge in [-0.25, -0.2) is 9.79 Å². The topological polar surface area (TPSA) is 97.3 Å². The van der Waals surface area contributed by atoms with Crippen LogP contribution in [0.5, 0.6) is 5.75 Å². The van der Waals surface area contributed by atoms with E-state index in [1.807, 2.05) is 55.5 Å². The summed E-state index contributed by atoms with van der Waals surface area (Å²) >= 11 is 1.28. The number of anilines is 1. The summed E-state index contributed by atoms with van der Waals surface area (Å²) in [4.78, 5) is 44.6. The van der Waals surface area contributed by atoms with Crippen LogP contribution in [0.25, 0.3) is 0 Å². The van der Waals surface area contributed by atoms with Gasteiger partial charge in [0, 0.05) is 18.7 Å². The number of esters is 1. The summed E-state index contributed by atoms with van der Waals surface area (Å²) in [6.07, 6.45) is 0.636. The summed E-state index contributed by atoms with van der Waals surface area (Å²) in [5.74, 6) is -0.0286. The van der Waals surface area contributed by atoms with Gasteiger partial charge in [0.2, 0.25) is 11.8 Å². The van der Waals surface area contributed by atoms with E-state index in [0.29, 0.717) is 41.7 Å². The van der Waals surface area contributed by atoms with Crippen LogP contribution in [0.4, 0.5) is 11.4 Å². The van der Waals surface area contributed by atoms with Crippen LogP contribution in [0.3, 0.4) is 0 Å². The van der Waals surface area contributed by atoms with Crippen LogP contribution in [0, 0.1) is 6.92 Å². The van der Waals surface area contributed by atoms with Crippen molar-refractivity contribution in [3.63, 3.8) is 0 Å². The minimum atomic E-state index is -0.594. The Morgan fingerprint density at radius 3 is 2.46 bits per heavy atom. The third-order valence-corrected chi connectivity index (χ3v) is 7.25. The van der Waals surface area contributed by atoms with Crippen molar-refractivity contribution in [1.82, 2.24) is 4.90 Å². The SMILES string of the molecule is CCOC(=O)c1ccc(N=C2SC(CC(=O)Nc3cccc(C)c3)C(=O)N2CCc2ccc(OC)cc2)cc1. The Hall–Kier alpha value is -4.11. The molecule has 4 rings (SSSR count). The molecule has 1 aliphatic heterocycles. The summed E-state index contributed by atoms with van der Waals surface area (Å²) < 4.78 is 10.3. The van der Waals surface area contributed by atoms with Gasteiger partial charge in [-0.3, -0.25) is 14.5 Å². The molecule has 0 aromatic heterocycles. The van der Waals surface area contributed by atoms with E-state index in [2.05, 4.69) is 5.32 Å². The van der Waals surface area contributed by atoms with Crippen LogP contribution in [0.1, 0.15) is 34.8 Å². The second-order valence-electron chi connectivity index (χ2n) is 8.98. The Bertz CT molecular complexity index is 1360. The fourth-order valence-electron chi connectivity index (χ4n) is 4.06.